The number of ether oxygens (including phenoxy) is 1. The largest absolute Gasteiger partial charge is 0.368 e. The molecule has 1 aromatic rings. The fourth-order valence-corrected chi connectivity index (χ4v) is 1.97. The monoisotopic (exact) mass is 284 g/mol. The van der Waals surface area contributed by atoms with Gasteiger partial charge in [-0.15, -0.1) is 0 Å². The Balaban J connectivity index is 2.02. The molecular weight excluding hydrogens is 263 g/mol. The molecule has 0 aliphatic carbocycles. The van der Waals surface area contributed by atoms with Crippen LogP contribution in [-0.4, -0.2) is 12.7 Å². The molecule has 1 nitrogen and oxygen atoms in total. The van der Waals surface area contributed by atoms with Crippen molar-refractivity contribution in [2.45, 2.75) is 25.9 Å². The summed E-state index contributed by atoms with van der Waals surface area (Å²) in [5.41, 5.74) is 3.37. The summed E-state index contributed by atoms with van der Waals surface area (Å²) in [6, 6.07) is 6.61. The SMILES string of the molecule is C=CC(=C/C=C(\C)C1CO1)/C=C/C(C)c1ccc(F)cc1. The van der Waals surface area contributed by atoms with E-state index >= 15 is 0 Å². The minimum Gasteiger partial charge on any atom is -0.368 e. The summed E-state index contributed by atoms with van der Waals surface area (Å²) in [6.45, 7) is 8.82. The van der Waals surface area contributed by atoms with Crippen LogP contribution in [0.5, 0.6) is 0 Å². The molecule has 2 rings (SSSR count). The van der Waals surface area contributed by atoms with E-state index in [-0.39, 0.29) is 11.7 Å². The van der Waals surface area contributed by atoms with Crippen molar-refractivity contribution in [3.63, 3.8) is 0 Å². The Kier molecular flexibility index (Phi) is 5.29. The van der Waals surface area contributed by atoms with E-state index in [0.717, 1.165) is 17.7 Å². The summed E-state index contributed by atoms with van der Waals surface area (Å²) >= 11 is 0. The molecule has 21 heavy (non-hydrogen) atoms. The lowest BCUT2D eigenvalue weighted by Crippen LogP contribution is -1.89. The number of hydrogen-bond acceptors (Lipinski definition) is 1. The van der Waals surface area contributed by atoms with Crippen LogP contribution in [0.15, 0.2) is 72.4 Å². The van der Waals surface area contributed by atoms with Crippen LogP contribution in [-0.2, 0) is 4.74 Å². The highest BCUT2D eigenvalue weighted by atomic mass is 19.1. The molecule has 2 atom stereocenters. The quantitative estimate of drug-likeness (QED) is 0.532. The van der Waals surface area contributed by atoms with Gasteiger partial charge in [-0.05, 0) is 41.7 Å². The highest BCUT2D eigenvalue weighted by Crippen LogP contribution is 2.20. The van der Waals surface area contributed by atoms with Crippen molar-refractivity contribution in [2.75, 3.05) is 6.61 Å². The predicted molar refractivity (Wildman–Crippen MR) is 85.7 cm³/mol. The third-order valence-corrected chi connectivity index (χ3v) is 3.59. The first kappa shape index (κ1) is 15.5. The van der Waals surface area contributed by atoms with Gasteiger partial charge in [-0.25, -0.2) is 4.39 Å². The zero-order valence-electron chi connectivity index (χ0n) is 12.6. The van der Waals surface area contributed by atoms with Crippen molar-refractivity contribution in [3.8, 4) is 0 Å². The Morgan fingerprint density at radius 1 is 1.33 bits per heavy atom. The average molecular weight is 284 g/mol. The van der Waals surface area contributed by atoms with Gasteiger partial charge in [-0.1, -0.05) is 56.0 Å². The summed E-state index contributed by atoms with van der Waals surface area (Å²) in [7, 11) is 0. The van der Waals surface area contributed by atoms with E-state index in [0.29, 0.717) is 6.10 Å². The maximum atomic E-state index is 12.9. The van der Waals surface area contributed by atoms with Gasteiger partial charge in [-0.3, -0.25) is 0 Å². The normalized spacial score (nSPS) is 20.6. The van der Waals surface area contributed by atoms with Crippen molar-refractivity contribution in [3.05, 3.63) is 83.8 Å². The molecule has 1 fully saturated rings. The summed E-state index contributed by atoms with van der Waals surface area (Å²) in [5.74, 6) is 0.0234. The maximum Gasteiger partial charge on any atom is 0.123 e. The van der Waals surface area contributed by atoms with Crippen molar-refractivity contribution >= 4 is 0 Å². The third kappa shape index (κ3) is 4.83. The molecule has 1 aliphatic rings. The average Bonchev–Trinajstić information content (AvgIpc) is 3.32. The highest BCUT2D eigenvalue weighted by molar-refractivity contribution is 5.36. The number of rotatable bonds is 6. The molecule has 1 heterocycles. The molecule has 2 heteroatoms. The molecule has 1 saturated heterocycles. The van der Waals surface area contributed by atoms with E-state index in [4.69, 9.17) is 4.74 Å². The van der Waals surface area contributed by atoms with Crippen LogP contribution in [0.3, 0.4) is 0 Å². The lowest BCUT2D eigenvalue weighted by Gasteiger charge is -2.06. The van der Waals surface area contributed by atoms with Crippen LogP contribution in [0, 0.1) is 5.82 Å². The molecule has 1 aliphatic heterocycles. The van der Waals surface area contributed by atoms with Crippen molar-refractivity contribution in [1.82, 2.24) is 0 Å². The van der Waals surface area contributed by atoms with Gasteiger partial charge in [0.1, 0.15) is 11.9 Å². The van der Waals surface area contributed by atoms with E-state index in [1.54, 1.807) is 0 Å². The topological polar surface area (TPSA) is 12.5 Å². The van der Waals surface area contributed by atoms with Crippen LogP contribution in [0.1, 0.15) is 25.3 Å². The van der Waals surface area contributed by atoms with Crippen LogP contribution in [0.4, 0.5) is 4.39 Å². The molecular formula is C19H21FO. The van der Waals surface area contributed by atoms with Gasteiger partial charge >= 0.3 is 0 Å². The molecule has 0 saturated carbocycles. The molecule has 1 aromatic carbocycles. The van der Waals surface area contributed by atoms with E-state index in [2.05, 4.69) is 32.6 Å². The van der Waals surface area contributed by atoms with E-state index < -0.39 is 0 Å². The standard InChI is InChI=1S/C19H21FO/c1-4-16(8-6-15(3)19-13-21-19)7-5-14(2)17-9-11-18(20)12-10-17/h4-12,14,19H,1,13H2,2-3H3/b7-5+,15-6+,16-8-. The Bertz CT molecular complexity index is 574. The van der Waals surface area contributed by atoms with Gasteiger partial charge in [0, 0.05) is 0 Å². The van der Waals surface area contributed by atoms with Crippen molar-refractivity contribution in [2.24, 2.45) is 0 Å². The molecule has 110 valence electrons. The van der Waals surface area contributed by atoms with Crippen LogP contribution >= 0.6 is 0 Å². The minimum atomic E-state index is -0.204. The molecule has 0 spiro atoms. The van der Waals surface area contributed by atoms with Gasteiger partial charge in [0.05, 0.1) is 6.61 Å². The van der Waals surface area contributed by atoms with Gasteiger partial charge in [0.15, 0.2) is 0 Å². The Morgan fingerprint density at radius 3 is 2.57 bits per heavy atom. The Hall–Kier alpha value is -1.93. The van der Waals surface area contributed by atoms with Gasteiger partial charge < -0.3 is 4.74 Å². The first-order valence-corrected chi connectivity index (χ1v) is 7.16. The predicted octanol–water partition coefficient (Wildman–Crippen LogP) is 4.94. The van der Waals surface area contributed by atoms with Crippen LogP contribution in [0.2, 0.25) is 0 Å². The van der Waals surface area contributed by atoms with Gasteiger partial charge in [-0.2, -0.15) is 0 Å². The lowest BCUT2D eigenvalue weighted by molar-refractivity contribution is 0.432. The summed E-state index contributed by atoms with van der Waals surface area (Å²) in [5, 5.41) is 0. The number of benzene rings is 1. The molecule has 2 unspecified atom stereocenters. The minimum absolute atomic E-state index is 0.204. The summed E-state index contributed by atoms with van der Waals surface area (Å²) in [4.78, 5) is 0. The molecule has 0 amide bonds. The van der Waals surface area contributed by atoms with E-state index in [1.165, 1.54) is 17.7 Å². The molecule has 0 radical (unpaired) electrons. The Morgan fingerprint density at radius 2 is 2.00 bits per heavy atom. The summed E-state index contributed by atoms with van der Waals surface area (Å²) < 4.78 is 18.1. The first-order valence-electron chi connectivity index (χ1n) is 7.16. The fraction of sp³-hybridized carbons (Fsp3) is 0.263. The van der Waals surface area contributed by atoms with E-state index in [9.17, 15) is 4.39 Å². The summed E-state index contributed by atoms with van der Waals surface area (Å²) in [6.07, 6.45) is 10.4. The fourth-order valence-electron chi connectivity index (χ4n) is 1.97. The second-order valence-corrected chi connectivity index (χ2v) is 5.30. The molecule has 0 N–H and O–H groups in total. The third-order valence-electron chi connectivity index (χ3n) is 3.59. The van der Waals surface area contributed by atoms with Crippen molar-refractivity contribution in [1.29, 1.82) is 0 Å². The second kappa shape index (κ2) is 7.19. The smallest absolute Gasteiger partial charge is 0.123 e. The van der Waals surface area contributed by atoms with Gasteiger partial charge in [0.2, 0.25) is 0 Å². The highest BCUT2D eigenvalue weighted by Gasteiger charge is 2.23. The second-order valence-electron chi connectivity index (χ2n) is 5.30. The number of epoxide rings is 1. The van der Waals surface area contributed by atoms with Crippen LogP contribution in [0.25, 0.3) is 0 Å². The lowest BCUT2D eigenvalue weighted by atomic mass is 9.99. The molecule has 0 bridgehead atoms. The van der Waals surface area contributed by atoms with Gasteiger partial charge in [0.25, 0.3) is 0 Å². The number of allylic oxidation sites excluding steroid dienone is 6. The first-order chi connectivity index (χ1) is 10.1. The zero-order valence-corrected chi connectivity index (χ0v) is 12.6. The zero-order chi connectivity index (χ0) is 15.2. The Labute approximate surface area is 126 Å². The number of halogens is 1. The van der Waals surface area contributed by atoms with Crippen LogP contribution < -0.4 is 0 Å². The maximum absolute atomic E-state index is 12.9. The number of hydrogen-bond donors (Lipinski definition) is 0. The molecule has 0 aromatic heterocycles. The van der Waals surface area contributed by atoms with E-state index in [1.807, 2.05) is 30.4 Å². The van der Waals surface area contributed by atoms with Crippen molar-refractivity contribution < 1.29 is 9.13 Å².